The molecule has 0 atom stereocenters. The molecule has 92 valence electrons. The SMILES string of the molecule is CC[Si](CCC(=O)O)(OC(C)=O)OC(C)=O. The topological polar surface area (TPSA) is 89.9 Å². The summed E-state index contributed by atoms with van der Waals surface area (Å²) in [5, 5.41) is 8.58. The van der Waals surface area contributed by atoms with Crippen LogP contribution in [0.1, 0.15) is 27.2 Å². The summed E-state index contributed by atoms with van der Waals surface area (Å²) >= 11 is 0. The van der Waals surface area contributed by atoms with Gasteiger partial charge < -0.3 is 14.0 Å². The lowest BCUT2D eigenvalue weighted by Gasteiger charge is -2.27. The van der Waals surface area contributed by atoms with Gasteiger partial charge in [-0.15, -0.1) is 0 Å². The van der Waals surface area contributed by atoms with Crippen LogP contribution in [0.4, 0.5) is 0 Å². The number of carbonyl (C=O) groups excluding carboxylic acids is 2. The number of hydrogen-bond acceptors (Lipinski definition) is 5. The zero-order valence-corrected chi connectivity index (χ0v) is 10.6. The van der Waals surface area contributed by atoms with Crippen molar-refractivity contribution in [1.82, 2.24) is 0 Å². The van der Waals surface area contributed by atoms with Crippen molar-refractivity contribution in [3.05, 3.63) is 0 Å². The third-order valence-electron chi connectivity index (χ3n) is 1.92. The molecule has 16 heavy (non-hydrogen) atoms. The van der Waals surface area contributed by atoms with E-state index in [-0.39, 0.29) is 12.5 Å². The third-order valence-corrected chi connectivity index (χ3v) is 5.33. The Bertz CT molecular complexity index is 272. The fourth-order valence-corrected chi connectivity index (χ4v) is 3.80. The largest absolute Gasteiger partial charge is 0.485 e. The van der Waals surface area contributed by atoms with Gasteiger partial charge in [0.05, 0.1) is 0 Å². The first kappa shape index (κ1) is 14.6. The first-order valence-corrected chi connectivity index (χ1v) is 7.15. The van der Waals surface area contributed by atoms with Gasteiger partial charge in [-0.2, -0.15) is 0 Å². The first-order chi connectivity index (χ1) is 7.31. The lowest BCUT2D eigenvalue weighted by atomic mass is 10.5. The van der Waals surface area contributed by atoms with Gasteiger partial charge in [0.15, 0.2) is 0 Å². The highest BCUT2D eigenvalue weighted by atomic mass is 28.4. The molecule has 0 radical (unpaired) electrons. The summed E-state index contributed by atoms with van der Waals surface area (Å²) < 4.78 is 10.1. The molecule has 0 heterocycles. The molecule has 0 bridgehead atoms. The normalized spacial score (nSPS) is 10.7. The second-order valence-electron chi connectivity index (χ2n) is 3.35. The van der Waals surface area contributed by atoms with Crippen LogP contribution in [-0.2, 0) is 23.2 Å². The molecular weight excluding hydrogens is 232 g/mol. The van der Waals surface area contributed by atoms with E-state index < -0.39 is 26.5 Å². The molecule has 0 aliphatic carbocycles. The highest BCUT2D eigenvalue weighted by Gasteiger charge is 2.42. The van der Waals surface area contributed by atoms with E-state index in [9.17, 15) is 14.4 Å². The minimum absolute atomic E-state index is 0.0813. The molecule has 0 aliphatic heterocycles. The van der Waals surface area contributed by atoms with E-state index in [1.54, 1.807) is 6.92 Å². The van der Waals surface area contributed by atoms with Crippen molar-refractivity contribution in [2.24, 2.45) is 0 Å². The fourth-order valence-electron chi connectivity index (χ4n) is 1.27. The van der Waals surface area contributed by atoms with Crippen LogP contribution in [0.25, 0.3) is 0 Å². The van der Waals surface area contributed by atoms with Gasteiger partial charge in [-0.05, 0) is 0 Å². The van der Waals surface area contributed by atoms with E-state index in [1.165, 1.54) is 13.8 Å². The third kappa shape index (κ3) is 5.49. The number of aliphatic carboxylic acids is 1. The van der Waals surface area contributed by atoms with Crippen LogP contribution in [0.2, 0.25) is 12.1 Å². The number of carboxylic acid groups (broad SMARTS) is 1. The summed E-state index contributed by atoms with van der Waals surface area (Å²) in [6.07, 6.45) is -0.180. The van der Waals surface area contributed by atoms with Crippen molar-refractivity contribution in [1.29, 1.82) is 0 Å². The van der Waals surface area contributed by atoms with E-state index in [4.69, 9.17) is 14.0 Å². The van der Waals surface area contributed by atoms with Crippen molar-refractivity contribution in [2.45, 2.75) is 39.3 Å². The zero-order valence-electron chi connectivity index (χ0n) is 9.61. The molecular formula is C9H16O6Si. The van der Waals surface area contributed by atoms with Crippen LogP contribution >= 0.6 is 0 Å². The fraction of sp³-hybridized carbons (Fsp3) is 0.667. The molecule has 0 rings (SSSR count). The van der Waals surface area contributed by atoms with Gasteiger partial charge >= 0.3 is 14.5 Å². The van der Waals surface area contributed by atoms with Crippen molar-refractivity contribution in [3.8, 4) is 0 Å². The quantitative estimate of drug-likeness (QED) is 0.706. The molecule has 0 aromatic carbocycles. The summed E-state index contributed by atoms with van der Waals surface area (Å²) in [7, 11) is -3.04. The lowest BCUT2D eigenvalue weighted by molar-refractivity contribution is -0.141. The lowest BCUT2D eigenvalue weighted by Crippen LogP contribution is -2.44. The molecule has 7 heteroatoms. The van der Waals surface area contributed by atoms with Crippen LogP contribution < -0.4 is 0 Å². The number of rotatable bonds is 6. The van der Waals surface area contributed by atoms with Gasteiger partial charge in [0.2, 0.25) is 0 Å². The molecule has 1 N–H and O–H groups in total. The second-order valence-corrected chi connectivity index (χ2v) is 6.78. The van der Waals surface area contributed by atoms with E-state index in [0.29, 0.717) is 6.04 Å². The molecule has 0 aliphatic rings. The smallest absolute Gasteiger partial charge is 0.464 e. The molecule has 0 aromatic rings. The Balaban J connectivity index is 4.72. The molecule has 0 unspecified atom stereocenters. The minimum atomic E-state index is -3.04. The highest BCUT2D eigenvalue weighted by molar-refractivity contribution is 6.70. The van der Waals surface area contributed by atoms with Crippen molar-refractivity contribution in [3.63, 3.8) is 0 Å². The average Bonchev–Trinajstić information content (AvgIpc) is 2.12. The van der Waals surface area contributed by atoms with Crippen LogP contribution in [0.5, 0.6) is 0 Å². The van der Waals surface area contributed by atoms with Gasteiger partial charge in [0, 0.05) is 32.4 Å². The van der Waals surface area contributed by atoms with Crippen LogP contribution in [0.3, 0.4) is 0 Å². The van der Waals surface area contributed by atoms with Crippen LogP contribution in [-0.4, -0.2) is 31.6 Å². The maximum Gasteiger partial charge on any atom is 0.464 e. The molecule has 0 aromatic heterocycles. The first-order valence-electron chi connectivity index (χ1n) is 4.92. The second kappa shape index (κ2) is 6.26. The van der Waals surface area contributed by atoms with Gasteiger partial charge in [-0.3, -0.25) is 14.4 Å². The molecule has 0 fully saturated rings. The van der Waals surface area contributed by atoms with Gasteiger partial charge in [-0.1, -0.05) is 6.92 Å². The van der Waals surface area contributed by atoms with Crippen LogP contribution in [0, 0.1) is 0 Å². The molecule has 0 saturated carbocycles. The Kier molecular flexibility index (Phi) is 5.72. The Morgan fingerprint density at radius 1 is 1.12 bits per heavy atom. The van der Waals surface area contributed by atoms with E-state index in [1.807, 2.05) is 0 Å². The zero-order chi connectivity index (χ0) is 12.8. The Morgan fingerprint density at radius 3 is 1.81 bits per heavy atom. The minimum Gasteiger partial charge on any atom is -0.485 e. The maximum absolute atomic E-state index is 10.9. The van der Waals surface area contributed by atoms with Crippen molar-refractivity contribution >= 4 is 26.5 Å². The predicted octanol–water partition coefficient (Wildman–Crippen LogP) is 1.05. The van der Waals surface area contributed by atoms with Gasteiger partial charge in [-0.25, -0.2) is 0 Å². The highest BCUT2D eigenvalue weighted by Crippen LogP contribution is 2.21. The molecule has 0 saturated heterocycles. The standard InChI is InChI=1S/C9H16O6Si/c1-4-16(14-7(2)10,15-8(3)11)6-5-9(12)13/h4-6H2,1-3H3,(H,12,13). The summed E-state index contributed by atoms with van der Waals surface area (Å²) in [6.45, 7) is 4.13. The monoisotopic (exact) mass is 248 g/mol. The number of hydrogen-bond donors (Lipinski definition) is 1. The summed E-state index contributed by atoms with van der Waals surface area (Å²) in [5.74, 6) is -2.12. The van der Waals surface area contributed by atoms with Crippen molar-refractivity contribution < 1.29 is 28.3 Å². The number of carbonyl (C=O) groups is 3. The van der Waals surface area contributed by atoms with Crippen molar-refractivity contribution in [2.75, 3.05) is 0 Å². The number of carboxylic acids is 1. The Morgan fingerprint density at radius 2 is 1.56 bits per heavy atom. The van der Waals surface area contributed by atoms with Gasteiger partial charge in [0.1, 0.15) is 0 Å². The van der Waals surface area contributed by atoms with E-state index in [2.05, 4.69) is 0 Å². The van der Waals surface area contributed by atoms with E-state index in [0.717, 1.165) is 0 Å². The Labute approximate surface area is 94.8 Å². The predicted molar refractivity (Wildman–Crippen MR) is 56.8 cm³/mol. The summed E-state index contributed by atoms with van der Waals surface area (Å²) in [6, 6.07) is 0.428. The average molecular weight is 248 g/mol. The Hall–Kier alpha value is -1.37. The summed E-state index contributed by atoms with van der Waals surface area (Å²) in [4.78, 5) is 32.3. The maximum atomic E-state index is 10.9. The summed E-state index contributed by atoms with van der Waals surface area (Å²) in [5.41, 5.74) is 0. The molecule has 6 nitrogen and oxygen atoms in total. The molecule has 0 amide bonds. The van der Waals surface area contributed by atoms with E-state index >= 15 is 0 Å². The van der Waals surface area contributed by atoms with Crippen LogP contribution in [0.15, 0.2) is 0 Å². The molecule has 0 spiro atoms. The van der Waals surface area contributed by atoms with Gasteiger partial charge in [0.25, 0.3) is 11.9 Å².